The van der Waals surface area contributed by atoms with Crippen LogP contribution >= 0.6 is 15.9 Å². The molecule has 166 valence electrons. The van der Waals surface area contributed by atoms with Gasteiger partial charge in [0.25, 0.3) is 5.91 Å². The van der Waals surface area contributed by atoms with Gasteiger partial charge in [0, 0.05) is 30.7 Å². The van der Waals surface area contributed by atoms with Gasteiger partial charge in [-0.05, 0) is 36.6 Å². The summed E-state index contributed by atoms with van der Waals surface area (Å²) in [7, 11) is 0. The Morgan fingerprint density at radius 1 is 1.03 bits per heavy atom. The molecular weight excluding hydrogens is 474 g/mol. The van der Waals surface area contributed by atoms with Crippen LogP contribution in [0.3, 0.4) is 0 Å². The Hall–Kier alpha value is -3.20. The number of carbonyl (C=O) groups excluding carboxylic acids is 2. The Morgan fingerprint density at radius 3 is 2.66 bits per heavy atom. The molecule has 1 aromatic heterocycles. The lowest BCUT2D eigenvalue weighted by Gasteiger charge is -2.23. The smallest absolute Gasteiger partial charge is 0.410 e. The standard InChI is InChI=1S/C23H24BrN5O3/c24-19-8-9-21(29-25-10-11-26-29)20(16-19)22(30)27-12-5-13-28(15-14-27)23(31)32-17-18-6-3-1-2-4-7-18/h1-3,6-11,16H,4-5,12-15,17H2. The number of benzene rings is 1. The molecule has 2 aliphatic rings. The highest BCUT2D eigenvalue weighted by molar-refractivity contribution is 9.10. The highest BCUT2D eigenvalue weighted by Crippen LogP contribution is 2.22. The van der Waals surface area contributed by atoms with E-state index in [-0.39, 0.29) is 18.6 Å². The van der Waals surface area contributed by atoms with Gasteiger partial charge in [0.1, 0.15) is 6.61 Å². The van der Waals surface area contributed by atoms with Crippen molar-refractivity contribution < 1.29 is 14.3 Å². The molecule has 2 amide bonds. The molecule has 0 spiro atoms. The molecular formula is C23H24BrN5O3. The number of hydrogen-bond acceptors (Lipinski definition) is 5. The number of carbonyl (C=O) groups is 2. The molecule has 0 bridgehead atoms. The fourth-order valence-electron chi connectivity index (χ4n) is 3.63. The maximum Gasteiger partial charge on any atom is 0.410 e. The van der Waals surface area contributed by atoms with Crippen LogP contribution in [0.1, 0.15) is 23.2 Å². The van der Waals surface area contributed by atoms with Crippen LogP contribution < -0.4 is 0 Å². The van der Waals surface area contributed by atoms with Crippen LogP contribution in [0.4, 0.5) is 4.79 Å². The van der Waals surface area contributed by atoms with Gasteiger partial charge in [-0.25, -0.2) is 4.79 Å². The Bertz CT molecular complexity index is 1060. The maximum atomic E-state index is 13.3. The number of allylic oxidation sites excluding steroid dienone is 4. The van der Waals surface area contributed by atoms with E-state index in [1.165, 1.54) is 4.80 Å². The molecule has 0 unspecified atom stereocenters. The Morgan fingerprint density at radius 2 is 1.81 bits per heavy atom. The maximum absolute atomic E-state index is 13.3. The number of hydrogen-bond donors (Lipinski definition) is 0. The number of nitrogens with zero attached hydrogens (tertiary/aromatic N) is 5. The van der Waals surface area contributed by atoms with Crippen LogP contribution in [0.2, 0.25) is 0 Å². The van der Waals surface area contributed by atoms with Gasteiger partial charge < -0.3 is 14.5 Å². The first-order valence-corrected chi connectivity index (χ1v) is 11.3. The molecule has 4 rings (SSSR count). The number of rotatable bonds is 4. The average Bonchev–Trinajstić information content (AvgIpc) is 3.05. The van der Waals surface area contributed by atoms with E-state index in [9.17, 15) is 9.59 Å². The largest absolute Gasteiger partial charge is 0.445 e. The summed E-state index contributed by atoms with van der Waals surface area (Å²) in [6.45, 7) is 2.20. The molecule has 0 radical (unpaired) electrons. The summed E-state index contributed by atoms with van der Waals surface area (Å²) in [5.41, 5.74) is 2.10. The second-order valence-corrected chi connectivity index (χ2v) is 8.39. The van der Waals surface area contributed by atoms with Crippen molar-refractivity contribution in [2.75, 3.05) is 32.8 Å². The van der Waals surface area contributed by atoms with Crippen LogP contribution in [-0.2, 0) is 4.74 Å². The quantitative estimate of drug-likeness (QED) is 0.642. The molecule has 0 saturated carbocycles. The molecule has 0 N–H and O–H groups in total. The summed E-state index contributed by atoms with van der Waals surface area (Å²) in [6, 6.07) is 5.44. The van der Waals surface area contributed by atoms with E-state index < -0.39 is 0 Å². The van der Waals surface area contributed by atoms with E-state index in [4.69, 9.17) is 4.74 Å². The van der Waals surface area contributed by atoms with Gasteiger partial charge in [-0.1, -0.05) is 46.3 Å². The molecule has 1 fully saturated rings. The molecule has 8 nitrogen and oxygen atoms in total. The van der Waals surface area contributed by atoms with E-state index in [1.807, 2.05) is 42.5 Å². The lowest BCUT2D eigenvalue weighted by Crippen LogP contribution is -2.38. The third-order valence-electron chi connectivity index (χ3n) is 5.30. The van der Waals surface area contributed by atoms with Crippen molar-refractivity contribution in [3.8, 4) is 5.69 Å². The fraction of sp³-hybridized carbons (Fsp3) is 0.304. The minimum absolute atomic E-state index is 0.116. The first-order valence-electron chi connectivity index (χ1n) is 10.5. The Labute approximate surface area is 195 Å². The van der Waals surface area contributed by atoms with Gasteiger partial charge in [-0.2, -0.15) is 15.0 Å². The van der Waals surface area contributed by atoms with Crippen LogP contribution in [0.5, 0.6) is 0 Å². The molecule has 1 aliphatic heterocycles. The summed E-state index contributed by atoms with van der Waals surface area (Å²) in [5.74, 6) is -0.116. The number of ether oxygens (including phenoxy) is 1. The van der Waals surface area contributed by atoms with Gasteiger partial charge in [0.15, 0.2) is 0 Å². The van der Waals surface area contributed by atoms with Crippen molar-refractivity contribution in [1.29, 1.82) is 0 Å². The van der Waals surface area contributed by atoms with Crippen molar-refractivity contribution in [2.45, 2.75) is 12.8 Å². The van der Waals surface area contributed by atoms with E-state index in [0.717, 1.165) is 16.5 Å². The lowest BCUT2D eigenvalue weighted by atomic mass is 10.1. The number of halogens is 1. The van der Waals surface area contributed by atoms with Crippen molar-refractivity contribution in [1.82, 2.24) is 24.8 Å². The van der Waals surface area contributed by atoms with Gasteiger partial charge in [-0.15, -0.1) is 0 Å². The van der Waals surface area contributed by atoms with Crippen LogP contribution in [0, 0.1) is 0 Å². The molecule has 2 aromatic rings. The number of amides is 2. The van der Waals surface area contributed by atoms with E-state index >= 15 is 0 Å². The monoisotopic (exact) mass is 497 g/mol. The predicted molar refractivity (Wildman–Crippen MR) is 123 cm³/mol. The second kappa shape index (κ2) is 10.4. The van der Waals surface area contributed by atoms with Crippen molar-refractivity contribution in [3.05, 3.63) is 76.6 Å². The molecule has 1 aliphatic carbocycles. The summed E-state index contributed by atoms with van der Waals surface area (Å²) >= 11 is 3.45. The zero-order valence-corrected chi connectivity index (χ0v) is 19.1. The third kappa shape index (κ3) is 5.34. The van der Waals surface area contributed by atoms with Gasteiger partial charge in [0.05, 0.1) is 23.6 Å². The summed E-state index contributed by atoms with van der Waals surface area (Å²) in [5, 5.41) is 8.32. The highest BCUT2D eigenvalue weighted by Gasteiger charge is 2.26. The first kappa shape index (κ1) is 22.0. The van der Waals surface area contributed by atoms with Crippen molar-refractivity contribution in [2.24, 2.45) is 0 Å². The van der Waals surface area contributed by atoms with E-state index in [1.54, 1.807) is 28.3 Å². The fourth-order valence-corrected chi connectivity index (χ4v) is 4.00. The molecule has 9 heteroatoms. The molecule has 2 heterocycles. The zero-order chi connectivity index (χ0) is 22.3. The minimum atomic E-state index is -0.352. The Kier molecular flexibility index (Phi) is 7.16. The SMILES string of the molecule is O=C(OCC1=CCC=CC=C1)N1CCCN(C(=O)c2cc(Br)ccc2-n2nccn2)CC1. The number of aromatic nitrogens is 3. The van der Waals surface area contributed by atoms with Crippen molar-refractivity contribution >= 4 is 27.9 Å². The second-order valence-electron chi connectivity index (χ2n) is 7.47. The topological polar surface area (TPSA) is 80.6 Å². The molecule has 1 saturated heterocycles. The molecule has 1 aromatic carbocycles. The van der Waals surface area contributed by atoms with Crippen LogP contribution in [0.25, 0.3) is 5.69 Å². The van der Waals surface area contributed by atoms with E-state index in [2.05, 4.69) is 26.1 Å². The normalized spacial score (nSPS) is 16.3. The molecule has 0 atom stereocenters. The molecule has 32 heavy (non-hydrogen) atoms. The Balaban J connectivity index is 1.39. The average molecular weight is 498 g/mol. The van der Waals surface area contributed by atoms with E-state index in [0.29, 0.717) is 43.9 Å². The van der Waals surface area contributed by atoms with Gasteiger partial charge in [0.2, 0.25) is 0 Å². The summed E-state index contributed by atoms with van der Waals surface area (Å²) in [4.78, 5) is 30.8. The van der Waals surface area contributed by atoms with Gasteiger partial charge in [-0.3, -0.25) is 4.79 Å². The van der Waals surface area contributed by atoms with Crippen molar-refractivity contribution in [3.63, 3.8) is 0 Å². The summed E-state index contributed by atoms with van der Waals surface area (Å²) in [6.07, 6.45) is 14.3. The van der Waals surface area contributed by atoms with Crippen LogP contribution in [-0.4, -0.2) is 69.6 Å². The highest BCUT2D eigenvalue weighted by atomic mass is 79.9. The van der Waals surface area contributed by atoms with Gasteiger partial charge >= 0.3 is 6.09 Å². The zero-order valence-electron chi connectivity index (χ0n) is 17.6. The predicted octanol–water partition coefficient (Wildman–Crippen LogP) is 3.76. The third-order valence-corrected chi connectivity index (χ3v) is 5.79. The van der Waals surface area contributed by atoms with Crippen LogP contribution in [0.15, 0.2) is 71.0 Å². The lowest BCUT2D eigenvalue weighted by molar-refractivity contribution is 0.0754. The first-order chi connectivity index (χ1) is 15.6. The summed E-state index contributed by atoms with van der Waals surface area (Å²) < 4.78 is 6.31. The minimum Gasteiger partial charge on any atom is -0.445 e.